The van der Waals surface area contributed by atoms with Gasteiger partial charge in [0, 0.05) is 30.4 Å². The van der Waals surface area contributed by atoms with E-state index in [2.05, 4.69) is 10.6 Å². The van der Waals surface area contributed by atoms with E-state index in [0.29, 0.717) is 30.0 Å². The number of aromatic nitrogens is 1. The van der Waals surface area contributed by atoms with E-state index < -0.39 is 18.0 Å². The third-order valence-electron chi connectivity index (χ3n) is 5.57. The van der Waals surface area contributed by atoms with Gasteiger partial charge in [0.05, 0.1) is 28.4 Å². The average molecular weight is 505 g/mol. The molecule has 36 heavy (non-hydrogen) atoms. The molecule has 1 amide bonds. The van der Waals surface area contributed by atoms with Crippen molar-refractivity contribution in [1.29, 1.82) is 5.26 Å². The number of amides is 1. The average Bonchev–Trinajstić information content (AvgIpc) is 3.51. The van der Waals surface area contributed by atoms with Gasteiger partial charge in [0.1, 0.15) is 24.2 Å². The van der Waals surface area contributed by atoms with Crippen LogP contribution in [0.15, 0.2) is 60.0 Å². The van der Waals surface area contributed by atoms with Crippen LogP contribution in [-0.2, 0) is 13.6 Å². The molecule has 0 aliphatic rings. The second-order valence-electron chi connectivity index (χ2n) is 8.09. The molecule has 0 saturated carbocycles. The number of hydrogen-bond donors (Lipinski definition) is 4. The lowest BCUT2D eigenvalue weighted by atomic mass is 10.1. The van der Waals surface area contributed by atoms with E-state index in [9.17, 15) is 19.8 Å². The summed E-state index contributed by atoms with van der Waals surface area (Å²) in [6.07, 6.45) is -0.728. The van der Waals surface area contributed by atoms with Crippen molar-refractivity contribution in [3.05, 3.63) is 81.7 Å². The number of benzene rings is 2. The molecule has 9 nitrogen and oxygen atoms in total. The number of aliphatic hydroxyl groups is 1. The van der Waals surface area contributed by atoms with Crippen LogP contribution < -0.4 is 15.4 Å². The molecule has 4 N–H and O–H groups in total. The molecule has 1 atom stereocenters. The van der Waals surface area contributed by atoms with Gasteiger partial charge in [-0.15, -0.1) is 11.3 Å². The number of carboxylic acid groups (broad SMARTS) is 1. The third-order valence-corrected chi connectivity index (χ3v) is 6.45. The number of carbonyl (C=O) groups is 2. The largest absolute Gasteiger partial charge is 0.489 e. The number of anilines is 1. The fourth-order valence-electron chi connectivity index (χ4n) is 3.82. The minimum Gasteiger partial charge on any atom is -0.489 e. The van der Waals surface area contributed by atoms with Crippen LogP contribution in [0.1, 0.15) is 31.3 Å². The number of fused-ring (bicyclic) bond motifs is 1. The molecule has 2 aromatic carbocycles. The Morgan fingerprint density at radius 2 is 2.03 bits per heavy atom. The van der Waals surface area contributed by atoms with Crippen molar-refractivity contribution in [3.63, 3.8) is 0 Å². The smallest absolute Gasteiger partial charge is 0.337 e. The van der Waals surface area contributed by atoms with E-state index in [4.69, 9.17) is 10.00 Å². The summed E-state index contributed by atoms with van der Waals surface area (Å²) in [6, 6.07) is 17.0. The number of hydrogen-bond acceptors (Lipinski definition) is 7. The first-order chi connectivity index (χ1) is 17.4. The quantitative estimate of drug-likeness (QED) is 0.259. The number of aliphatic hydroxyl groups excluding tert-OH is 1. The summed E-state index contributed by atoms with van der Waals surface area (Å²) in [5, 5.41) is 37.4. The number of carbonyl (C=O) groups excluding carboxylic acids is 1. The van der Waals surface area contributed by atoms with Crippen LogP contribution in [0, 0.1) is 11.3 Å². The summed E-state index contributed by atoms with van der Waals surface area (Å²) >= 11 is 1.64. The maximum atomic E-state index is 13.0. The maximum Gasteiger partial charge on any atom is 0.337 e. The van der Waals surface area contributed by atoms with Gasteiger partial charge in [0.2, 0.25) is 0 Å². The minimum absolute atomic E-state index is 0.0659. The molecule has 184 valence electrons. The molecule has 4 rings (SSSR count). The first-order valence-electron chi connectivity index (χ1n) is 11.1. The van der Waals surface area contributed by atoms with E-state index in [1.807, 2.05) is 29.6 Å². The Bertz CT molecular complexity index is 1440. The van der Waals surface area contributed by atoms with Gasteiger partial charge < -0.3 is 30.2 Å². The second-order valence-corrected chi connectivity index (χ2v) is 9.12. The summed E-state index contributed by atoms with van der Waals surface area (Å²) in [7, 11) is 1.71. The fraction of sp³-hybridized carbons (Fsp3) is 0.192. The highest BCUT2D eigenvalue weighted by Gasteiger charge is 2.19. The number of aromatic carboxylic acids is 1. The molecule has 0 fully saturated rings. The number of thiophene rings is 1. The number of nitrogens with zero attached hydrogens (tertiary/aromatic N) is 2. The lowest BCUT2D eigenvalue weighted by molar-refractivity contribution is 0.0698. The molecule has 0 aliphatic heterocycles. The lowest BCUT2D eigenvalue weighted by Crippen LogP contribution is -2.31. The molecular weight excluding hydrogens is 480 g/mol. The molecule has 1 unspecified atom stereocenters. The number of nitriles is 1. The van der Waals surface area contributed by atoms with Crippen molar-refractivity contribution in [3.8, 4) is 11.8 Å². The van der Waals surface area contributed by atoms with Crippen LogP contribution in [0.25, 0.3) is 10.9 Å². The summed E-state index contributed by atoms with van der Waals surface area (Å²) in [6.45, 7) is 1.10. The van der Waals surface area contributed by atoms with Gasteiger partial charge in [-0.1, -0.05) is 18.2 Å². The summed E-state index contributed by atoms with van der Waals surface area (Å²) < 4.78 is 7.55. The van der Waals surface area contributed by atoms with E-state index in [1.165, 1.54) is 23.1 Å². The Balaban J connectivity index is 1.47. The highest BCUT2D eigenvalue weighted by atomic mass is 32.1. The van der Waals surface area contributed by atoms with Crippen molar-refractivity contribution < 1.29 is 24.5 Å². The van der Waals surface area contributed by atoms with Gasteiger partial charge in [-0.2, -0.15) is 5.26 Å². The summed E-state index contributed by atoms with van der Waals surface area (Å²) in [5.41, 5.74) is 1.05. The number of rotatable bonds is 10. The molecule has 0 spiro atoms. The molecule has 0 saturated heterocycles. The third kappa shape index (κ3) is 5.55. The van der Waals surface area contributed by atoms with Crippen molar-refractivity contribution in [1.82, 2.24) is 9.88 Å². The van der Waals surface area contributed by atoms with E-state index in [0.717, 1.165) is 5.39 Å². The zero-order chi connectivity index (χ0) is 25.7. The Kier molecular flexibility index (Phi) is 7.65. The van der Waals surface area contributed by atoms with Gasteiger partial charge in [0.15, 0.2) is 0 Å². The van der Waals surface area contributed by atoms with Gasteiger partial charge in [-0.05, 0) is 41.8 Å². The molecule has 2 heterocycles. The van der Waals surface area contributed by atoms with E-state index in [-0.39, 0.29) is 23.4 Å². The number of aryl methyl sites for hydroxylation is 1. The molecule has 4 aromatic rings. The number of ether oxygens (including phenoxy) is 1. The Morgan fingerprint density at radius 1 is 1.19 bits per heavy atom. The number of carboxylic acids is 1. The van der Waals surface area contributed by atoms with Crippen molar-refractivity contribution >= 4 is 39.8 Å². The minimum atomic E-state index is -1.25. The lowest BCUT2D eigenvalue weighted by Gasteiger charge is -2.15. The maximum absolute atomic E-state index is 13.0. The first-order valence-corrected chi connectivity index (χ1v) is 12.0. The second kappa shape index (κ2) is 11.0. The normalized spacial score (nSPS) is 11.7. The fourth-order valence-corrected chi connectivity index (χ4v) is 4.49. The number of para-hydroxylation sites is 1. The molecular formula is C26H24N4O5S. The zero-order valence-electron chi connectivity index (χ0n) is 19.4. The van der Waals surface area contributed by atoms with Gasteiger partial charge in [-0.3, -0.25) is 4.79 Å². The zero-order valence-corrected chi connectivity index (χ0v) is 20.2. The standard InChI is InChI=1S/C26H24N4O5S/c1-30-22(25(32)29-21-8-7-16(12-27)10-20(21)26(33)34)11-17-4-2-6-23(24(17)30)35-15-18(31)13-28-14-19-5-3-9-36-19/h2-11,18,28,31H,13-15H2,1H3,(H,29,32)(H,33,34). The van der Waals surface area contributed by atoms with Crippen LogP contribution in [-0.4, -0.2) is 45.9 Å². The van der Waals surface area contributed by atoms with Crippen LogP contribution >= 0.6 is 11.3 Å². The highest BCUT2D eigenvalue weighted by molar-refractivity contribution is 7.09. The van der Waals surface area contributed by atoms with Crippen LogP contribution in [0.4, 0.5) is 5.69 Å². The number of nitrogens with one attached hydrogen (secondary N) is 2. The van der Waals surface area contributed by atoms with Crippen molar-refractivity contribution in [2.75, 3.05) is 18.5 Å². The van der Waals surface area contributed by atoms with Crippen LogP contribution in [0.2, 0.25) is 0 Å². The SMILES string of the molecule is Cn1c(C(=O)Nc2ccc(C#N)cc2C(=O)O)cc2cccc(OCC(O)CNCc3cccs3)c21. The first kappa shape index (κ1) is 24.9. The monoisotopic (exact) mass is 504 g/mol. The predicted octanol–water partition coefficient (Wildman–Crippen LogP) is 3.59. The summed E-state index contributed by atoms with van der Waals surface area (Å²) in [4.78, 5) is 25.8. The molecule has 0 bridgehead atoms. The topological polar surface area (TPSA) is 137 Å². The highest BCUT2D eigenvalue weighted by Crippen LogP contribution is 2.29. The molecule has 10 heteroatoms. The Labute approximate surface area is 211 Å². The van der Waals surface area contributed by atoms with Crippen molar-refractivity contribution in [2.45, 2.75) is 12.6 Å². The molecule has 0 aliphatic carbocycles. The van der Waals surface area contributed by atoms with E-state index >= 15 is 0 Å². The Morgan fingerprint density at radius 3 is 2.75 bits per heavy atom. The van der Waals surface area contributed by atoms with Gasteiger partial charge in [0.25, 0.3) is 5.91 Å². The van der Waals surface area contributed by atoms with Crippen LogP contribution in [0.5, 0.6) is 5.75 Å². The molecule has 2 aromatic heterocycles. The predicted molar refractivity (Wildman–Crippen MR) is 137 cm³/mol. The van der Waals surface area contributed by atoms with Gasteiger partial charge in [-0.25, -0.2) is 4.79 Å². The van der Waals surface area contributed by atoms with Crippen molar-refractivity contribution in [2.24, 2.45) is 7.05 Å². The van der Waals surface area contributed by atoms with E-state index in [1.54, 1.807) is 41.2 Å². The van der Waals surface area contributed by atoms with Crippen LogP contribution in [0.3, 0.4) is 0 Å². The van der Waals surface area contributed by atoms with Gasteiger partial charge >= 0.3 is 5.97 Å². The Hall–Kier alpha value is -4.17. The summed E-state index contributed by atoms with van der Waals surface area (Å²) in [5.74, 6) is -1.25. The molecule has 0 radical (unpaired) electrons.